The number of benzene rings is 2. The van der Waals surface area contributed by atoms with Crippen molar-refractivity contribution in [2.45, 2.75) is 59.7 Å². The first-order valence-electron chi connectivity index (χ1n) is 9.63. The standard InChI is InChI=1S/C23H31NO3/c1-6-13-23(5,27-7-2)22(25)24-20-14-17(3)21(18(4)15-20)26-16-19-11-9-8-10-12-19/h8-12,14-15H,6-7,13,16H2,1-5H3,(H,24,25)/t23-/m1/s1. The molecule has 0 aliphatic heterocycles. The number of nitrogens with one attached hydrogen (secondary N) is 1. The molecule has 146 valence electrons. The van der Waals surface area contributed by atoms with Gasteiger partial charge in [-0.3, -0.25) is 4.79 Å². The first-order chi connectivity index (χ1) is 12.9. The lowest BCUT2D eigenvalue weighted by atomic mass is 9.98. The highest BCUT2D eigenvalue weighted by molar-refractivity contribution is 5.97. The van der Waals surface area contributed by atoms with Crippen molar-refractivity contribution in [2.24, 2.45) is 0 Å². The van der Waals surface area contributed by atoms with Crippen LogP contribution in [0.25, 0.3) is 0 Å². The average molecular weight is 370 g/mol. The number of anilines is 1. The van der Waals surface area contributed by atoms with Gasteiger partial charge in [0.1, 0.15) is 18.0 Å². The summed E-state index contributed by atoms with van der Waals surface area (Å²) in [4.78, 5) is 12.8. The molecule has 0 aromatic heterocycles. The van der Waals surface area contributed by atoms with E-state index in [1.807, 2.05) is 70.2 Å². The summed E-state index contributed by atoms with van der Waals surface area (Å²) in [6.07, 6.45) is 1.57. The fraction of sp³-hybridized carbons (Fsp3) is 0.435. The van der Waals surface area contributed by atoms with E-state index in [-0.39, 0.29) is 5.91 Å². The molecule has 0 saturated carbocycles. The quantitative estimate of drug-likeness (QED) is 0.642. The molecular weight excluding hydrogens is 338 g/mol. The Morgan fingerprint density at radius 2 is 1.70 bits per heavy atom. The van der Waals surface area contributed by atoms with E-state index in [1.54, 1.807) is 0 Å². The Hall–Kier alpha value is -2.33. The van der Waals surface area contributed by atoms with Crippen molar-refractivity contribution >= 4 is 11.6 Å². The third-order valence-corrected chi connectivity index (χ3v) is 4.61. The highest BCUT2D eigenvalue weighted by Gasteiger charge is 2.33. The van der Waals surface area contributed by atoms with Crippen molar-refractivity contribution < 1.29 is 14.3 Å². The van der Waals surface area contributed by atoms with Crippen molar-refractivity contribution in [3.63, 3.8) is 0 Å². The molecule has 0 aliphatic carbocycles. The van der Waals surface area contributed by atoms with E-state index in [9.17, 15) is 4.79 Å². The van der Waals surface area contributed by atoms with Gasteiger partial charge in [0, 0.05) is 12.3 Å². The zero-order valence-corrected chi connectivity index (χ0v) is 17.1. The predicted molar refractivity (Wildman–Crippen MR) is 110 cm³/mol. The number of hydrogen-bond donors (Lipinski definition) is 1. The number of ether oxygens (including phenoxy) is 2. The second-order valence-electron chi connectivity index (χ2n) is 7.08. The van der Waals surface area contributed by atoms with Gasteiger partial charge in [-0.25, -0.2) is 0 Å². The summed E-state index contributed by atoms with van der Waals surface area (Å²) in [5.41, 5.74) is 3.07. The largest absolute Gasteiger partial charge is 0.488 e. The SMILES string of the molecule is CCC[C@@](C)(OCC)C(=O)Nc1cc(C)c(OCc2ccccc2)c(C)c1. The van der Waals surface area contributed by atoms with Crippen molar-refractivity contribution in [3.05, 3.63) is 59.2 Å². The zero-order valence-electron chi connectivity index (χ0n) is 17.1. The van der Waals surface area contributed by atoms with Crippen LogP contribution in [0.15, 0.2) is 42.5 Å². The molecule has 0 aliphatic rings. The molecule has 1 N–H and O–H groups in total. The molecule has 2 aromatic rings. The molecule has 4 nitrogen and oxygen atoms in total. The smallest absolute Gasteiger partial charge is 0.256 e. The normalized spacial score (nSPS) is 13.1. The van der Waals surface area contributed by atoms with Gasteiger partial charge < -0.3 is 14.8 Å². The van der Waals surface area contributed by atoms with Crippen molar-refractivity contribution in [3.8, 4) is 5.75 Å². The van der Waals surface area contributed by atoms with Gasteiger partial charge in [0.05, 0.1) is 0 Å². The van der Waals surface area contributed by atoms with E-state index in [0.717, 1.165) is 34.5 Å². The van der Waals surface area contributed by atoms with Crippen molar-refractivity contribution in [1.29, 1.82) is 0 Å². The van der Waals surface area contributed by atoms with Crippen LogP contribution in [0.5, 0.6) is 5.75 Å². The Labute approximate surface area is 162 Å². The summed E-state index contributed by atoms with van der Waals surface area (Å²) in [6.45, 7) is 10.8. The molecule has 1 amide bonds. The summed E-state index contributed by atoms with van der Waals surface area (Å²) in [5.74, 6) is 0.751. The molecule has 1 atom stereocenters. The van der Waals surface area contributed by atoms with Gasteiger partial charge in [0.15, 0.2) is 0 Å². The molecule has 0 saturated heterocycles. The van der Waals surface area contributed by atoms with Crippen LogP contribution in [-0.2, 0) is 16.1 Å². The minimum absolute atomic E-state index is 0.108. The Morgan fingerprint density at radius 1 is 1.07 bits per heavy atom. The zero-order chi connectivity index (χ0) is 19.9. The van der Waals surface area contributed by atoms with Crippen LogP contribution in [-0.4, -0.2) is 18.1 Å². The third-order valence-electron chi connectivity index (χ3n) is 4.61. The number of carbonyl (C=O) groups is 1. The van der Waals surface area contributed by atoms with Crippen molar-refractivity contribution in [1.82, 2.24) is 0 Å². The molecule has 0 radical (unpaired) electrons. The van der Waals surface area contributed by atoms with E-state index >= 15 is 0 Å². The lowest BCUT2D eigenvalue weighted by Gasteiger charge is -2.28. The number of hydrogen-bond acceptors (Lipinski definition) is 3. The van der Waals surface area contributed by atoms with Crippen LogP contribution >= 0.6 is 0 Å². The number of rotatable bonds is 9. The number of carbonyl (C=O) groups excluding carboxylic acids is 1. The minimum atomic E-state index is -0.812. The van der Waals surface area contributed by atoms with Gasteiger partial charge in [-0.15, -0.1) is 0 Å². The molecule has 0 spiro atoms. The Bertz CT molecular complexity index is 726. The first kappa shape index (κ1) is 21.0. The van der Waals surface area contributed by atoms with Crippen LogP contribution in [0.2, 0.25) is 0 Å². The van der Waals surface area contributed by atoms with Gasteiger partial charge >= 0.3 is 0 Å². The molecule has 2 rings (SSSR count). The number of amides is 1. The van der Waals surface area contributed by atoms with Gasteiger partial charge in [-0.1, -0.05) is 43.7 Å². The molecular formula is C23H31NO3. The second-order valence-corrected chi connectivity index (χ2v) is 7.08. The monoisotopic (exact) mass is 369 g/mol. The summed E-state index contributed by atoms with van der Waals surface area (Å²) in [7, 11) is 0. The van der Waals surface area contributed by atoms with Crippen LogP contribution in [0.4, 0.5) is 5.69 Å². The van der Waals surface area contributed by atoms with Crippen LogP contribution < -0.4 is 10.1 Å². The minimum Gasteiger partial charge on any atom is -0.488 e. The van der Waals surface area contributed by atoms with Gasteiger partial charge in [-0.05, 0) is 62.9 Å². The second kappa shape index (κ2) is 9.56. The van der Waals surface area contributed by atoms with Gasteiger partial charge in [0.2, 0.25) is 0 Å². The highest BCUT2D eigenvalue weighted by Crippen LogP contribution is 2.29. The third kappa shape index (κ3) is 5.57. The predicted octanol–water partition coefficient (Wildman–Crippen LogP) is 5.42. The average Bonchev–Trinajstić information content (AvgIpc) is 2.62. The summed E-state index contributed by atoms with van der Waals surface area (Å²) < 4.78 is 11.8. The Kier molecular flexibility index (Phi) is 7.43. The molecule has 27 heavy (non-hydrogen) atoms. The molecule has 0 fully saturated rings. The molecule has 0 unspecified atom stereocenters. The summed E-state index contributed by atoms with van der Waals surface area (Å²) in [5, 5.41) is 3.02. The van der Waals surface area contributed by atoms with E-state index in [4.69, 9.17) is 9.47 Å². The molecule has 4 heteroatoms. The fourth-order valence-corrected chi connectivity index (χ4v) is 3.29. The van der Waals surface area contributed by atoms with Crippen molar-refractivity contribution in [2.75, 3.05) is 11.9 Å². The summed E-state index contributed by atoms with van der Waals surface area (Å²) >= 11 is 0. The van der Waals surface area contributed by atoms with E-state index in [0.29, 0.717) is 19.6 Å². The highest BCUT2D eigenvalue weighted by atomic mass is 16.5. The molecule has 0 bridgehead atoms. The maximum absolute atomic E-state index is 12.8. The summed E-state index contributed by atoms with van der Waals surface area (Å²) in [6, 6.07) is 14.0. The lowest BCUT2D eigenvalue weighted by Crippen LogP contribution is -2.42. The molecule has 2 aromatic carbocycles. The Balaban J connectivity index is 2.12. The van der Waals surface area contributed by atoms with Crippen LogP contribution in [0.3, 0.4) is 0 Å². The number of aryl methyl sites for hydroxylation is 2. The maximum atomic E-state index is 12.8. The lowest BCUT2D eigenvalue weighted by molar-refractivity contribution is -0.139. The first-order valence-corrected chi connectivity index (χ1v) is 9.63. The van der Waals surface area contributed by atoms with Crippen LogP contribution in [0.1, 0.15) is 50.3 Å². The topological polar surface area (TPSA) is 47.6 Å². The Morgan fingerprint density at radius 3 is 2.26 bits per heavy atom. The van der Waals surface area contributed by atoms with E-state index in [2.05, 4.69) is 12.2 Å². The maximum Gasteiger partial charge on any atom is 0.256 e. The van der Waals surface area contributed by atoms with Crippen LogP contribution in [0, 0.1) is 13.8 Å². The van der Waals surface area contributed by atoms with Gasteiger partial charge in [0.25, 0.3) is 5.91 Å². The van der Waals surface area contributed by atoms with E-state index in [1.165, 1.54) is 0 Å². The fourth-order valence-electron chi connectivity index (χ4n) is 3.29. The van der Waals surface area contributed by atoms with E-state index < -0.39 is 5.60 Å². The molecule has 0 heterocycles. The van der Waals surface area contributed by atoms with Gasteiger partial charge in [-0.2, -0.15) is 0 Å².